The standard InChI is InChI=1S/C37H54O19/c1-15(8-17-4-6-19(21(10-17)50-3)51-35-32(47)29(44)26(41)23(12-38)54-35)16(2)9-18-5-7-20(52-36-33(48)30(45)27(42)24(13-39)55-36)22(11-18)53-37-34(49)31(46)28(43)25(14-40)56-37/h4-7,10-11,15-16,23-49H,8-9,12-14H2,1-3H3/t15-,16+,23-,24-,25-,26-,27-,28-,29+,30+,31+,32-,33-,34-,35-,36-,37-/m1/s1. The topological polar surface area (TPSA) is 307 Å². The highest BCUT2D eigenvalue weighted by molar-refractivity contribution is 5.44. The highest BCUT2D eigenvalue weighted by atomic mass is 16.7. The van der Waals surface area contributed by atoms with Crippen LogP contribution in [-0.4, -0.2) is 180 Å². The highest BCUT2D eigenvalue weighted by Gasteiger charge is 2.47. The third-order valence-electron chi connectivity index (χ3n) is 10.6. The second-order valence-corrected chi connectivity index (χ2v) is 14.6. The van der Waals surface area contributed by atoms with E-state index in [9.17, 15) is 61.3 Å². The molecule has 0 aromatic heterocycles. The Labute approximate surface area is 322 Å². The Kier molecular flexibility index (Phi) is 15.1. The molecule has 17 atom stereocenters. The number of methoxy groups -OCH3 is 1. The maximum Gasteiger partial charge on any atom is 0.229 e. The Morgan fingerprint density at radius 3 is 1.12 bits per heavy atom. The number of aliphatic hydroxyl groups excluding tert-OH is 12. The normalized spacial score (nSPS) is 37.4. The minimum atomic E-state index is -1.76. The fourth-order valence-electron chi connectivity index (χ4n) is 6.82. The number of hydrogen-bond donors (Lipinski definition) is 12. The van der Waals surface area contributed by atoms with Gasteiger partial charge in [0.05, 0.1) is 26.9 Å². The molecule has 0 aliphatic carbocycles. The van der Waals surface area contributed by atoms with Gasteiger partial charge in [-0.1, -0.05) is 26.0 Å². The Bertz CT molecular complexity index is 1540. The second kappa shape index (κ2) is 19.2. The van der Waals surface area contributed by atoms with Crippen molar-refractivity contribution in [1.82, 2.24) is 0 Å². The molecule has 56 heavy (non-hydrogen) atoms. The van der Waals surface area contributed by atoms with Crippen molar-refractivity contribution in [3.63, 3.8) is 0 Å². The van der Waals surface area contributed by atoms with Crippen molar-refractivity contribution in [2.24, 2.45) is 11.8 Å². The van der Waals surface area contributed by atoms with Crippen LogP contribution in [0.4, 0.5) is 0 Å². The van der Waals surface area contributed by atoms with Gasteiger partial charge in [-0.3, -0.25) is 0 Å². The first kappa shape index (κ1) is 44.1. The molecule has 2 aromatic rings. The summed E-state index contributed by atoms with van der Waals surface area (Å²) in [5.74, 6) is 0.431. The SMILES string of the molecule is COc1cc(C[C@@H](C)[C@@H](C)Cc2ccc(O[C@@H]3O[C@H](CO)[C@@H](O)[C@H](O)[C@H]3O)c(O[C@@H]3O[C@H](CO)[C@@H](O)[C@H](O)[C@H]3O)c2)ccc1O[C@@H]1O[C@H](CO)[C@@H](O)[C@H](O)[C@H]1O. The van der Waals surface area contributed by atoms with Crippen LogP contribution in [0.2, 0.25) is 0 Å². The molecular weight excluding hydrogens is 748 g/mol. The summed E-state index contributed by atoms with van der Waals surface area (Å²) in [6.07, 6.45) is -22.2. The summed E-state index contributed by atoms with van der Waals surface area (Å²) in [5.41, 5.74) is 1.59. The van der Waals surface area contributed by atoms with Crippen molar-refractivity contribution in [2.75, 3.05) is 26.9 Å². The Balaban J connectivity index is 1.31. The quantitative estimate of drug-likeness (QED) is 0.0824. The number of rotatable bonds is 15. The van der Waals surface area contributed by atoms with E-state index in [1.807, 2.05) is 13.8 Å². The van der Waals surface area contributed by atoms with Crippen molar-refractivity contribution in [3.8, 4) is 23.0 Å². The van der Waals surface area contributed by atoms with Gasteiger partial charge in [0.1, 0.15) is 73.2 Å². The van der Waals surface area contributed by atoms with Gasteiger partial charge in [0, 0.05) is 0 Å². The summed E-state index contributed by atoms with van der Waals surface area (Å²) in [7, 11) is 1.43. The van der Waals surface area contributed by atoms with Gasteiger partial charge in [0.2, 0.25) is 18.9 Å². The average Bonchev–Trinajstić information content (AvgIpc) is 3.19. The Morgan fingerprint density at radius 2 is 0.786 bits per heavy atom. The summed E-state index contributed by atoms with van der Waals surface area (Å²) in [6.45, 7) is 2.06. The zero-order chi connectivity index (χ0) is 41.0. The molecule has 316 valence electrons. The van der Waals surface area contributed by atoms with Gasteiger partial charge >= 0.3 is 0 Å². The third kappa shape index (κ3) is 9.66. The van der Waals surface area contributed by atoms with Crippen LogP contribution >= 0.6 is 0 Å². The van der Waals surface area contributed by atoms with Crippen molar-refractivity contribution in [1.29, 1.82) is 0 Å². The van der Waals surface area contributed by atoms with Crippen molar-refractivity contribution in [2.45, 2.75) is 119 Å². The van der Waals surface area contributed by atoms with E-state index in [0.29, 0.717) is 24.2 Å². The molecule has 2 aromatic carbocycles. The first-order chi connectivity index (χ1) is 26.6. The van der Waals surface area contributed by atoms with Crippen LogP contribution in [0, 0.1) is 11.8 Å². The van der Waals surface area contributed by atoms with E-state index in [1.54, 1.807) is 30.3 Å². The Morgan fingerprint density at radius 1 is 0.464 bits per heavy atom. The monoisotopic (exact) mass is 802 g/mol. The maximum absolute atomic E-state index is 10.7. The summed E-state index contributed by atoms with van der Waals surface area (Å²) < 4.78 is 39.6. The first-order valence-electron chi connectivity index (χ1n) is 18.3. The molecule has 3 aliphatic heterocycles. The van der Waals surface area contributed by atoms with Crippen LogP contribution in [0.1, 0.15) is 25.0 Å². The summed E-state index contributed by atoms with van der Waals surface area (Å²) in [6, 6.07) is 9.91. The minimum absolute atomic E-state index is 0.0170. The van der Waals surface area contributed by atoms with Gasteiger partial charge in [-0.25, -0.2) is 0 Å². The lowest BCUT2D eigenvalue weighted by Gasteiger charge is -2.41. The molecule has 12 N–H and O–H groups in total. The predicted molar refractivity (Wildman–Crippen MR) is 188 cm³/mol. The molecule has 0 amide bonds. The van der Waals surface area contributed by atoms with E-state index in [4.69, 9.17) is 33.2 Å². The van der Waals surface area contributed by atoms with Crippen LogP contribution in [0.3, 0.4) is 0 Å². The number of ether oxygens (including phenoxy) is 7. The molecule has 0 bridgehead atoms. The van der Waals surface area contributed by atoms with E-state index < -0.39 is 112 Å². The van der Waals surface area contributed by atoms with Gasteiger partial charge in [-0.15, -0.1) is 0 Å². The highest BCUT2D eigenvalue weighted by Crippen LogP contribution is 2.37. The van der Waals surface area contributed by atoms with Crippen molar-refractivity contribution < 1.29 is 94.4 Å². The molecule has 3 saturated heterocycles. The van der Waals surface area contributed by atoms with Gasteiger partial charge < -0.3 is 94.4 Å². The molecule has 19 nitrogen and oxygen atoms in total. The summed E-state index contributed by atoms with van der Waals surface area (Å²) in [4.78, 5) is 0. The number of hydrogen-bond acceptors (Lipinski definition) is 19. The summed E-state index contributed by atoms with van der Waals surface area (Å²) in [5, 5.41) is 122. The van der Waals surface area contributed by atoms with E-state index in [1.165, 1.54) is 13.2 Å². The fourth-order valence-corrected chi connectivity index (χ4v) is 6.82. The van der Waals surface area contributed by atoms with Crippen molar-refractivity contribution in [3.05, 3.63) is 47.5 Å². The van der Waals surface area contributed by atoms with Crippen LogP contribution in [0.15, 0.2) is 36.4 Å². The van der Waals surface area contributed by atoms with E-state index >= 15 is 0 Å². The molecular formula is C37H54O19. The number of aliphatic hydroxyl groups is 12. The molecule has 3 fully saturated rings. The van der Waals surface area contributed by atoms with E-state index in [2.05, 4.69) is 0 Å². The van der Waals surface area contributed by atoms with Gasteiger partial charge in [0.15, 0.2) is 23.0 Å². The van der Waals surface area contributed by atoms with Crippen LogP contribution in [0.25, 0.3) is 0 Å². The zero-order valence-corrected chi connectivity index (χ0v) is 31.0. The number of benzene rings is 2. The Hall–Kier alpha value is -2.96. The predicted octanol–water partition coefficient (Wildman–Crippen LogP) is -3.71. The van der Waals surface area contributed by atoms with Crippen LogP contribution < -0.4 is 18.9 Å². The second-order valence-electron chi connectivity index (χ2n) is 14.6. The average molecular weight is 803 g/mol. The largest absolute Gasteiger partial charge is 0.493 e. The van der Waals surface area contributed by atoms with Gasteiger partial charge in [0.25, 0.3) is 0 Å². The smallest absolute Gasteiger partial charge is 0.229 e. The molecule has 0 saturated carbocycles. The first-order valence-corrected chi connectivity index (χ1v) is 18.3. The lowest BCUT2D eigenvalue weighted by atomic mass is 9.85. The molecule has 3 aliphatic rings. The molecule has 0 radical (unpaired) electrons. The fraction of sp³-hybridized carbons (Fsp3) is 0.676. The molecule has 0 unspecified atom stereocenters. The lowest BCUT2D eigenvalue weighted by Crippen LogP contribution is -2.60. The summed E-state index contributed by atoms with van der Waals surface area (Å²) >= 11 is 0. The zero-order valence-electron chi connectivity index (χ0n) is 31.0. The minimum Gasteiger partial charge on any atom is -0.493 e. The maximum atomic E-state index is 10.7. The van der Waals surface area contributed by atoms with E-state index in [0.717, 1.165) is 5.56 Å². The van der Waals surface area contributed by atoms with Crippen molar-refractivity contribution >= 4 is 0 Å². The van der Waals surface area contributed by atoms with Gasteiger partial charge in [-0.05, 0) is 60.1 Å². The molecule has 5 rings (SSSR count). The van der Waals surface area contributed by atoms with Crippen LogP contribution in [0.5, 0.6) is 23.0 Å². The molecule has 0 spiro atoms. The van der Waals surface area contributed by atoms with Gasteiger partial charge in [-0.2, -0.15) is 0 Å². The van der Waals surface area contributed by atoms with E-state index in [-0.39, 0.29) is 29.1 Å². The van der Waals surface area contributed by atoms with Crippen LogP contribution in [-0.2, 0) is 27.1 Å². The third-order valence-corrected chi connectivity index (χ3v) is 10.6. The molecule has 19 heteroatoms. The molecule has 3 heterocycles. The lowest BCUT2D eigenvalue weighted by molar-refractivity contribution is -0.282.